The lowest BCUT2D eigenvalue weighted by molar-refractivity contribution is 0.0718. The van der Waals surface area contributed by atoms with Crippen molar-refractivity contribution in [2.75, 3.05) is 23.7 Å². The number of rotatable bonds is 4. The molecule has 2 bridgehead atoms. The number of phenolic OH excluding ortho intramolecular Hbond substituents is 1. The number of anilines is 1. The Labute approximate surface area is 205 Å². The average molecular weight is 509 g/mol. The first-order valence-electron chi connectivity index (χ1n) is 11.4. The van der Waals surface area contributed by atoms with Crippen molar-refractivity contribution in [1.29, 1.82) is 0 Å². The van der Waals surface area contributed by atoms with Crippen LogP contribution in [0.25, 0.3) is 0 Å². The molecule has 0 aromatic heterocycles. The van der Waals surface area contributed by atoms with E-state index in [9.17, 15) is 22.7 Å². The number of carbonyl (C=O) groups excluding carboxylic acids is 1. The van der Waals surface area contributed by atoms with Gasteiger partial charge in [0.05, 0.1) is 26.9 Å². The van der Waals surface area contributed by atoms with Crippen LogP contribution in [0.4, 0.5) is 10.1 Å². The van der Waals surface area contributed by atoms with Crippen LogP contribution in [-0.4, -0.2) is 55.3 Å². The molecule has 2 aliphatic rings. The van der Waals surface area contributed by atoms with Gasteiger partial charge in [-0.3, -0.25) is 4.79 Å². The van der Waals surface area contributed by atoms with E-state index in [1.165, 1.54) is 18.2 Å². The molecule has 0 spiro atoms. The number of carbonyl (C=O) groups is 1. The van der Waals surface area contributed by atoms with Gasteiger partial charge in [-0.15, -0.1) is 0 Å². The molecule has 2 aromatic carbocycles. The van der Waals surface area contributed by atoms with Gasteiger partial charge in [0.25, 0.3) is 5.91 Å². The molecular weight excluding hydrogens is 479 g/mol. The summed E-state index contributed by atoms with van der Waals surface area (Å²) in [6.45, 7) is 8.14. The van der Waals surface area contributed by atoms with E-state index in [1.807, 2.05) is 20.8 Å². The number of sulfone groups is 1. The van der Waals surface area contributed by atoms with E-state index in [4.69, 9.17) is 11.6 Å². The van der Waals surface area contributed by atoms with Crippen molar-refractivity contribution in [3.63, 3.8) is 0 Å². The summed E-state index contributed by atoms with van der Waals surface area (Å²) in [5, 5.41) is 11.0. The number of aryl methyl sites for hydroxylation is 1. The van der Waals surface area contributed by atoms with Crippen LogP contribution >= 0.6 is 11.6 Å². The highest BCUT2D eigenvalue weighted by Gasteiger charge is 2.43. The smallest absolute Gasteiger partial charge is 0.255 e. The molecule has 2 aliphatic heterocycles. The number of halogens is 2. The molecule has 0 saturated carbocycles. The lowest BCUT2D eigenvalue weighted by atomic mass is 10.0. The number of piperazine rings is 1. The SMILES string of the molecule is Cc1cc(S(=O)(=O)CC(C)(C)C)cc(N2[C@@H]3CC[C@H]2CN(C(=O)c2ccc(F)cc2Cl)C3)c1O. The molecule has 1 N–H and O–H groups in total. The standard InChI is InChI=1S/C25H30ClFN2O4S/c1-15-9-19(34(32,33)14-25(2,3)4)11-22(23(15)30)29-17-6-7-18(29)13-28(12-17)24(31)20-8-5-16(27)10-21(20)26/h5,8-11,17-18,30H,6-7,12-14H2,1-4H3/t17-,18+. The van der Waals surface area contributed by atoms with Gasteiger partial charge < -0.3 is 14.9 Å². The van der Waals surface area contributed by atoms with Gasteiger partial charge in [-0.2, -0.15) is 0 Å². The van der Waals surface area contributed by atoms with Crippen LogP contribution < -0.4 is 4.90 Å². The minimum Gasteiger partial charge on any atom is -0.505 e. The van der Waals surface area contributed by atoms with E-state index in [0.29, 0.717) is 24.3 Å². The van der Waals surface area contributed by atoms with E-state index >= 15 is 0 Å². The highest BCUT2D eigenvalue weighted by atomic mass is 35.5. The molecule has 2 atom stereocenters. The molecule has 2 aromatic rings. The van der Waals surface area contributed by atoms with Crippen LogP contribution in [0.2, 0.25) is 5.02 Å². The fraction of sp³-hybridized carbons (Fsp3) is 0.480. The summed E-state index contributed by atoms with van der Waals surface area (Å²) in [7, 11) is -3.55. The van der Waals surface area contributed by atoms with Crippen LogP contribution in [0.5, 0.6) is 5.75 Å². The largest absolute Gasteiger partial charge is 0.505 e. The molecule has 2 heterocycles. The number of aromatic hydroxyl groups is 1. The molecule has 184 valence electrons. The van der Waals surface area contributed by atoms with Gasteiger partial charge >= 0.3 is 0 Å². The average Bonchev–Trinajstić information content (AvgIpc) is 2.96. The van der Waals surface area contributed by atoms with Crippen molar-refractivity contribution in [2.24, 2.45) is 5.41 Å². The first-order chi connectivity index (χ1) is 15.8. The predicted molar refractivity (Wildman–Crippen MR) is 131 cm³/mol. The fourth-order valence-electron chi connectivity index (χ4n) is 5.05. The second kappa shape index (κ2) is 8.72. The lowest BCUT2D eigenvalue weighted by Gasteiger charge is -2.43. The lowest BCUT2D eigenvalue weighted by Crippen LogP contribution is -2.55. The molecule has 2 fully saturated rings. The number of hydrogen-bond donors (Lipinski definition) is 1. The Balaban J connectivity index is 1.64. The van der Waals surface area contributed by atoms with Gasteiger partial charge in [-0.25, -0.2) is 12.8 Å². The van der Waals surface area contributed by atoms with Gasteiger partial charge in [0.15, 0.2) is 9.84 Å². The van der Waals surface area contributed by atoms with Crippen molar-refractivity contribution in [3.05, 3.63) is 52.3 Å². The molecule has 6 nitrogen and oxygen atoms in total. The molecule has 0 radical (unpaired) electrons. The van der Waals surface area contributed by atoms with Gasteiger partial charge in [-0.05, 0) is 61.1 Å². The van der Waals surface area contributed by atoms with E-state index in [-0.39, 0.29) is 45.0 Å². The third kappa shape index (κ3) is 4.75. The Morgan fingerprint density at radius 1 is 1.15 bits per heavy atom. The maximum absolute atomic E-state index is 13.4. The Morgan fingerprint density at radius 2 is 1.76 bits per heavy atom. The molecular formula is C25H30ClFN2O4S. The van der Waals surface area contributed by atoms with Crippen LogP contribution in [0.3, 0.4) is 0 Å². The molecule has 9 heteroatoms. The summed E-state index contributed by atoms with van der Waals surface area (Å²) in [6, 6.07) is 6.69. The second-order valence-electron chi connectivity index (χ2n) is 10.6. The molecule has 0 unspecified atom stereocenters. The summed E-state index contributed by atoms with van der Waals surface area (Å²) < 4.78 is 39.6. The zero-order valence-electron chi connectivity index (χ0n) is 19.8. The number of likely N-dealkylation sites (tertiary alicyclic amines) is 1. The Kier molecular flexibility index (Phi) is 6.36. The summed E-state index contributed by atoms with van der Waals surface area (Å²) in [4.78, 5) is 17.1. The van der Waals surface area contributed by atoms with Crippen molar-refractivity contribution >= 4 is 33.0 Å². The van der Waals surface area contributed by atoms with E-state index < -0.39 is 21.1 Å². The maximum atomic E-state index is 13.4. The van der Waals surface area contributed by atoms with Crippen molar-refractivity contribution < 1.29 is 22.7 Å². The Hall–Kier alpha value is -2.32. The van der Waals surface area contributed by atoms with E-state index in [2.05, 4.69) is 4.90 Å². The van der Waals surface area contributed by atoms with E-state index in [1.54, 1.807) is 17.9 Å². The summed E-state index contributed by atoms with van der Waals surface area (Å²) in [6.07, 6.45) is 1.62. The molecule has 0 aliphatic carbocycles. The minimum atomic E-state index is -3.55. The van der Waals surface area contributed by atoms with Gasteiger partial charge in [0, 0.05) is 25.2 Å². The number of hydrogen-bond acceptors (Lipinski definition) is 5. The maximum Gasteiger partial charge on any atom is 0.255 e. The van der Waals surface area contributed by atoms with Crippen LogP contribution in [0.1, 0.15) is 49.5 Å². The van der Waals surface area contributed by atoms with Gasteiger partial charge in [0.1, 0.15) is 11.6 Å². The summed E-state index contributed by atoms with van der Waals surface area (Å²) in [5.74, 6) is -0.702. The first-order valence-corrected chi connectivity index (χ1v) is 13.4. The minimum absolute atomic E-state index is 0.00276. The fourth-order valence-corrected chi connectivity index (χ4v) is 7.26. The molecule has 2 saturated heterocycles. The number of nitrogens with zero attached hydrogens (tertiary/aromatic N) is 2. The monoisotopic (exact) mass is 508 g/mol. The van der Waals surface area contributed by atoms with Crippen molar-refractivity contribution in [3.8, 4) is 5.75 Å². The van der Waals surface area contributed by atoms with Gasteiger partial charge in [0.2, 0.25) is 0 Å². The predicted octanol–water partition coefficient (Wildman–Crippen LogP) is 4.81. The highest BCUT2D eigenvalue weighted by molar-refractivity contribution is 7.91. The molecule has 1 amide bonds. The summed E-state index contributed by atoms with van der Waals surface area (Å²) >= 11 is 6.11. The Morgan fingerprint density at radius 3 is 2.32 bits per heavy atom. The topological polar surface area (TPSA) is 77.9 Å². The number of benzene rings is 2. The normalized spacial score (nSPS) is 20.6. The highest BCUT2D eigenvalue weighted by Crippen LogP contribution is 2.42. The number of phenols is 1. The number of fused-ring (bicyclic) bond motifs is 2. The van der Waals surface area contributed by atoms with Crippen molar-refractivity contribution in [1.82, 2.24) is 4.90 Å². The third-order valence-corrected chi connectivity index (χ3v) is 8.96. The van der Waals surface area contributed by atoms with E-state index in [0.717, 1.165) is 18.9 Å². The molecule has 4 rings (SSSR count). The zero-order chi connectivity index (χ0) is 25.0. The molecule has 34 heavy (non-hydrogen) atoms. The van der Waals surface area contributed by atoms with Gasteiger partial charge in [-0.1, -0.05) is 32.4 Å². The Bertz CT molecular complexity index is 1230. The van der Waals surface area contributed by atoms with Crippen LogP contribution in [-0.2, 0) is 9.84 Å². The summed E-state index contributed by atoms with van der Waals surface area (Å²) in [5.41, 5.74) is 0.843. The number of amides is 1. The quantitative estimate of drug-likeness (QED) is 0.641. The zero-order valence-corrected chi connectivity index (χ0v) is 21.4. The first kappa shape index (κ1) is 24.8. The third-order valence-electron chi connectivity index (χ3n) is 6.45. The van der Waals surface area contributed by atoms with Crippen LogP contribution in [0.15, 0.2) is 35.2 Å². The van der Waals surface area contributed by atoms with Crippen molar-refractivity contribution in [2.45, 2.75) is 57.5 Å². The second-order valence-corrected chi connectivity index (χ2v) is 13.0. The van der Waals surface area contributed by atoms with Crippen LogP contribution in [0, 0.1) is 18.2 Å².